The van der Waals surface area contributed by atoms with Crippen molar-refractivity contribution in [1.29, 1.82) is 0 Å². The lowest BCUT2D eigenvalue weighted by Crippen LogP contribution is -2.00. The molecule has 1 aromatic carbocycles. The third-order valence-electron chi connectivity index (χ3n) is 1.95. The average molecular weight is 233 g/mol. The van der Waals surface area contributed by atoms with Gasteiger partial charge in [-0.05, 0) is 6.07 Å². The van der Waals surface area contributed by atoms with Crippen LogP contribution < -0.4 is 9.47 Å². The van der Waals surface area contributed by atoms with Crippen LogP contribution >= 0.6 is 11.6 Å². The Hall–Kier alpha value is -0.960. The standard InChI is InChI=1S/C11H14ClFO2/c1-14-10-4-3-9(8-12)11(7-10)15-6-2-5-13/h3-4,7H,2,5-6,8H2,1H3. The lowest BCUT2D eigenvalue weighted by molar-refractivity contribution is 0.286. The molecule has 1 rings (SSSR count). The monoisotopic (exact) mass is 232 g/mol. The molecule has 0 N–H and O–H groups in total. The maximum atomic E-state index is 11.9. The molecule has 15 heavy (non-hydrogen) atoms. The number of rotatable bonds is 6. The molecule has 4 heteroatoms. The molecule has 0 aliphatic heterocycles. The van der Waals surface area contributed by atoms with Crippen molar-refractivity contribution in [2.24, 2.45) is 0 Å². The fourth-order valence-electron chi connectivity index (χ4n) is 1.14. The van der Waals surface area contributed by atoms with Crippen molar-refractivity contribution in [2.75, 3.05) is 20.4 Å². The van der Waals surface area contributed by atoms with Crippen molar-refractivity contribution < 1.29 is 13.9 Å². The predicted molar refractivity (Wildman–Crippen MR) is 58.6 cm³/mol. The highest BCUT2D eigenvalue weighted by Gasteiger charge is 2.04. The minimum Gasteiger partial charge on any atom is -0.497 e. The number of hydrogen-bond donors (Lipinski definition) is 0. The zero-order valence-corrected chi connectivity index (χ0v) is 9.39. The number of ether oxygens (including phenoxy) is 2. The highest BCUT2D eigenvalue weighted by atomic mass is 35.5. The van der Waals surface area contributed by atoms with Crippen LogP contribution in [0.3, 0.4) is 0 Å². The van der Waals surface area contributed by atoms with Gasteiger partial charge in [-0.3, -0.25) is 4.39 Å². The summed E-state index contributed by atoms with van der Waals surface area (Å²) in [5, 5.41) is 0. The molecule has 0 aliphatic rings. The SMILES string of the molecule is COc1ccc(CCl)c(OCCCF)c1. The Bertz CT molecular complexity index is 305. The van der Waals surface area contributed by atoms with Crippen molar-refractivity contribution in [2.45, 2.75) is 12.3 Å². The molecule has 0 fully saturated rings. The quantitative estimate of drug-likeness (QED) is 0.554. The van der Waals surface area contributed by atoms with Crippen LogP contribution in [-0.2, 0) is 5.88 Å². The van der Waals surface area contributed by atoms with Crippen molar-refractivity contribution in [3.8, 4) is 11.5 Å². The normalized spacial score (nSPS) is 10.1. The summed E-state index contributed by atoms with van der Waals surface area (Å²) >= 11 is 5.75. The number of benzene rings is 1. The first kappa shape index (κ1) is 12.1. The Morgan fingerprint density at radius 2 is 2.20 bits per heavy atom. The van der Waals surface area contributed by atoms with E-state index in [4.69, 9.17) is 21.1 Å². The van der Waals surface area contributed by atoms with Crippen LogP contribution in [0.2, 0.25) is 0 Å². The lowest BCUT2D eigenvalue weighted by atomic mass is 10.2. The molecule has 0 atom stereocenters. The molecule has 0 radical (unpaired) electrons. The first-order valence-electron chi connectivity index (χ1n) is 4.73. The summed E-state index contributed by atoms with van der Waals surface area (Å²) < 4.78 is 22.4. The fraction of sp³-hybridized carbons (Fsp3) is 0.455. The van der Waals surface area contributed by atoms with Gasteiger partial charge < -0.3 is 9.47 Å². The van der Waals surface area contributed by atoms with E-state index in [-0.39, 0.29) is 6.67 Å². The zero-order chi connectivity index (χ0) is 11.1. The van der Waals surface area contributed by atoms with E-state index in [2.05, 4.69) is 0 Å². The van der Waals surface area contributed by atoms with Crippen LogP contribution in [0.4, 0.5) is 4.39 Å². The van der Waals surface area contributed by atoms with Gasteiger partial charge in [0.25, 0.3) is 0 Å². The zero-order valence-electron chi connectivity index (χ0n) is 8.63. The van der Waals surface area contributed by atoms with E-state index in [9.17, 15) is 4.39 Å². The maximum absolute atomic E-state index is 11.9. The number of methoxy groups -OCH3 is 1. The fourth-order valence-corrected chi connectivity index (χ4v) is 1.36. The molecule has 2 nitrogen and oxygen atoms in total. The second kappa shape index (κ2) is 6.51. The molecule has 0 saturated carbocycles. The predicted octanol–water partition coefficient (Wildman–Crippen LogP) is 3.17. The summed E-state index contributed by atoms with van der Waals surface area (Å²) in [6.07, 6.45) is 0.388. The first-order chi connectivity index (χ1) is 7.31. The highest BCUT2D eigenvalue weighted by Crippen LogP contribution is 2.26. The van der Waals surface area contributed by atoms with Crippen molar-refractivity contribution >= 4 is 11.6 Å². The van der Waals surface area contributed by atoms with Gasteiger partial charge in [0.05, 0.1) is 26.3 Å². The molecule has 0 unspecified atom stereocenters. The summed E-state index contributed by atoms with van der Waals surface area (Å²) in [7, 11) is 1.58. The summed E-state index contributed by atoms with van der Waals surface area (Å²) in [4.78, 5) is 0. The average Bonchev–Trinajstić information content (AvgIpc) is 2.29. The molecule has 1 aromatic rings. The molecule has 0 aliphatic carbocycles. The van der Waals surface area contributed by atoms with E-state index in [1.165, 1.54) is 0 Å². The van der Waals surface area contributed by atoms with Crippen molar-refractivity contribution in [3.05, 3.63) is 23.8 Å². The number of hydrogen-bond acceptors (Lipinski definition) is 2. The van der Waals surface area contributed by atoms with Crippen molar-refractivity contribution in [1.82, 2.24) is 0 Å². The van der Waals surface area contributed by atoms with Crippen LogP contribution in [-0.4, -0.2) is 20.4 Å². The molecule has 0 bridgehead atoms. The lowest BCUT2D eigenvalue weighted by Gasteiger charge is -2.10. The van der Waals surface area contributed by atoms with Gasteiger partial charge in [-0.25, -0.2) is 0 Å². The number of halogens is 2. The molecular formula is C11H14ClFO2. The summed E-state index contributed by atoms with van der Waals surface area (Å²) in [5.74, 6) is 1.74. The minimum atomic E-state index is -0.375. The molecule has 0 spiro atoms. The van der Waals surface area contributed by atoms with E-state index in [0.717, 1.165) is 5.56 Å². The van der Waals surface area contributed by atoms with Gasteiger partial charge in [0.1, 0.15) is 11.5 Å². The molecule has 0 amide bonds. The van der Waals surface area contributed by atoms with Gasteiger partial charge in [-0.15, -0.1) is 11.6 Å². The van der Waals surface area contributed by atoms with E-state index in [0.29, 0.717) is 30.4 Å². The Balaban J connectivity index is 2.72. The van der Waals surface area contributed by atoms with Gasteiger partial charge >= 0.3 is 0 Å². The molecule has 0 heterocycles. The van der Waals surface area contributed by atoms with Crippen LogP contribution in [0.15, 0.2) is 18.2 Å². The van der Waals surface area contributed by atoms with Crippen LogP contribution in [0.25, 0.3) is 0 Å². The van der Waals surface area contributed by atoms with Gasteiger partial charge in [-0.2, -0.15) is 0 Å². The molecule has 84 valence electrons. The minimum absolute atomic E-state index is 0.355. The second-order valence-corrected chi connectivity index (χ2v) is 3.27. The molecule has 0 saturated heterocycles. The van der Waals surface area contributed by atoms with Crippen molar-refractivity contribution in [3.63, 3.8) is 0 Å². The van der Waals surface area contributed by atoms with Crippen LogP contribution in [0, 0.1) is 0 Å². The highest BCUT2D eigenvalue weighted by molar-refractivity contribution is 6.17. The number of alkyl halides is 2. The summed E-state index contributed by atoms with van der Waals surface area (Å²) in [5.41, 5.74) is 0.885. The van der Waals surface area contributed by atoms with Gasteiger partial charge in [0.2, 0.25) is 0 Å². The van der Waals surface area contributed by atoms with Gasteiger partial charge in [-0.1, -0.05) is 6.07 Å². The Kier molecular flexibility index (Phi) is 5.26. The Morgan fingerprint density at radius 3 is 2.80 bits per heavy atom. The Morgan fingerprint density at radius 1 is 1.40 bits per heavy atom. The van der Waals surface area contributed by atoms with Gasteiger partial charge in [0.15, 0.2) is 0 Å². The molecule has 0 aromatic heterocycles. The Labute approximate surface area is 94.0 Å². The topological polar surface area (TPSA) is 18.5 Å². The van der Waals surface area contributed by atoms with E-state index >= 15 is 0 Å². The molecular weight excluding hydrogens is 219 g/mol. The summed E-state index contributed by atoms with van der Waals surface area (Å²) in [6, 6.07) is 5.42. The van der Waals surface area contributed by atoms with E-state index in [1.807, 2.05) is 12.1 Å². The van der Waals surface area contributed by atoms with Crippen LogP contribution in [0.1, 0.15) is 12.0 Å². The van der Waals surface area contributed by atoms with E-state index < -0.39 is 0 Å². The first-order valence-corrected chi connectivity index (χ1v) is 5.27. The third-order valence-corrected chi connectivity index (χ3v) is 2.24. The smallest absolute Gasteiger partial charge is 0.127 e. The van der Waals surface area contributed by atoms with Crippen LogP contribution in [0.5, 0.6) is 11.5 Å². The largest absolute Gasteiger partial charge is 0.497 e. The second-order valence-electron chi connectivity index (χ2n) is 3.00. The third kappa shape index (κ3) is 3.59. The van der Waals surface area contributed by atoms with Gasteiger partial charge in [0, 0.05) is 18.1 Å². The summed E-state index contributed by atoms with van der Waals surface area (Å²) in [6.45, 7) is -0.0201. The van der Waals surface area contributed by atoms with E-state index in [1.54, 1.807) is 13.2 Å². The maximum Gasteiger partial charge on any atom is 0.127 e.